The minimum atomic E-state index is 0.321. The topological polar surface area (TPSA) is 3.24 Å². The third-order valence-electron chi connectivity index (χ3n) is 2.95. The van der Waals surface area contributed by atoms with Crippen LogP contribution in [0.15, 0.2) is 15.9 Å². The van der Waals surface area contributed by atoms with Crippen LogP contribution in [0.3, 0.4) is 0 Å². The fraction of sp³-hybridized carbons (Fsp3) is 0.636. The van der Waals surface area contributed by atoms with Gasteiger partial charge in [-0.3, -0.25) is 4.90 Å². The van der Waals surface area contributed by atoms with Gasteiger partial charge >= 0.3 is 0 Å². The lowest BCUT2D eigenvalue weighted by molar-refractivity contribution is 0.191. The minimum Gasteiger partial charge on any atom is -0.297 e. The van der Waals surface area contributed by atoms with Crippen LogP contribution in [0.2, 0.25) is 0 Å². The quantitative estimate of drug-likeness (QED) is 0.748. The van der Waals surface area contributed by atoms with Crippen LogP contribution >= 0.6 is 38.9 Å². The first-order valence-electron chi connectivity index (χ1n) is 5.24. The van der Waals surface area contributed by atoms with E-state index in [9.17, 15) is 0 Å². The van der Waals surface area contributed by atoms with E-state index in [2.05, 4.69) is 39.2 Å². The van der Waals surface area contributed by atoms with E-state index in [1.807, 2.05) is 11.3 Å². The highest BCUT2D eigenvalue weighted by molar-refractivity contribution is 9.10. The average Bonchev–Trinajstić information content (AvgIpc) is 2.58. The zero-order chi connectivity index (χ0) is 10.8. The molecular weight excluding hydrogens is 294 g/mol. The molecule has 1 aliphatic heterocycles. The Balaban J connectivity index is 1.90. The second-order valence-electron chi connectivity index (χ2n) is 4.25. The Bertz CT molecular complexity index is 328. The standard InChI is InChI=1S/C11H15BrClNS/c1-8-2-3-14(6-11(8)13)5-10-4-9(12)7-15-10/h4,7-8,11H,2-3,5-6H2,1H3. The molecular formula is C11H15BrClNS. The van der Waals surface area contributed by atoms with Gasteiger partial charge in [0, 0.05) is 33.2 Å². The molecule has 0 radical (unpaired) electrons. The van der Waals surface area contributed by atoms with Crippen LogP contribution in [-0.4, -0.2) is 23.4 Å². The lowest BCUT2D eigenvalue weighted by Crippen LogP contribution is -2.39. The highest BCUT2D eigenvalue weighted by Gasteiger charge is 2.24. The smallest absolute Gasteiger partial charge is 0.0489 e. The van der Waals surface area contributed by atoms with Crippen LogP contribution in [0.25, 0.3) is 0 Å². The summed E-state index contributed by atoms with van der Waals surface area (Å²) in [5.74, 6) is 0.665. The molecule has 2 heterocycles. The molecule has 0 aliphatic carbocycles. The van der Waals surface area contributed by atoms with E-state index in [0.717, 1.165) is 13.1 Å². The van der Waals surface area contributed by atoms with Gasteiger partial charge < -0.3 is 0 Å². The van der Waals surface area contributed by atoms with Crippen molar-refractivity contribution in [3.63, 3.8) is 0 Å². The summed E-state index contributed by atoms with van der Waals surface area (Å²) in [6.07, 6.45) is 1.22. The predicted molar refractivity (Wildman–Crippen MR) is 70.7 cm³/mol. The number of hydrogen-bond acceptors (Lipinski definition) is 2. The molecule has 1 aromatic heterocycles. The maximum Gasteiger partial charge on any atom is 0.0489 e. The Morgan fingerprint density at radius 1 is 1.67 bits per heavy atom. The number of rotatable bonds is 2. The molecule has 0 spiro atoms. The first-order chi connectivity index (χ1) is 7.15. The van der Waals surface area contributed by atoms with Crippen LogP contribution in [-0.2, 0) is 6.54 Å². The van der Waals surface area contributed by atoms with Crippen molar-refractivity contribution in [1.82, 2.24) is 4.90 Å². The molecule has 1 aliphatic rings. The highest BCUT2D eigenvalue weighted by Crippen LogP contribution is 2.26. The molecule has 4 heteroatoms. The molecule has 15 heavy (non-hydrogen) atoms. The number of thiophene rings is 1. The van der Waals surface area contributed by atoms with Crippen LogP contribution in [0.4, 0.5) is 0 Å². The Labute approximate surface area is 109 Å². The molecule has 0 saturated carbocycles. The van der Waals surface area contributed by atoms with Gasteiger partial charge in [-0.1, -0.05) is 6.92 Å². The fourth-order valence-electron chi connectivity index (χ4n) is 1.89. The van der Waals surface area contributed by atoms with Crippen LogP contribution in [0.5, 0.6) is 0 Å². The summed E-state index contributed by atoms with van der Waals surface area (Å²) in [5, 5.41) is 2.46. The summed E-state index contributed by atoms with van der Waals surface area (Å²) in [7, 11) is 0. The molecule has 0 N–H and O–H groups in total. The zero-order valence-corrected chi connectivity index (χ0v) is 11.9. The van der Waals surface area contributed by atoms with Crippen molar-refractivity contribution < 1.29 is 0 Å². The number of nitrogens with zero attached hydrogens (tertiary/aromatic N) is 1. The van der Waals surface area contributed by atoms with Gasteiger partial charge in [0.15, 0.2) is 0 Å². The maximum atomic E-state index is 6.29. The summed E-state index contributed by atoms with van der Waals surface area (Å²) in [6, 6.07) is 2.20. The van der Waals surface area contributed by atoms with Crippen LogP contribution < -0.4 is 0 Å². The van der Waals surface area contributed by atoms with Gasteiger partial charge in [0.2, 0.25) is 0 Å². The largest absolute Gasteiger partial charge is 0.297 e. The van der Waals surface area contributed by atoms with Crippen molar-refractivity contribution in [2.75, 3.05) is 13.1 Å². The zero-order valence-electron chi connectivity index (χ0n) is 8.75. The third-order valence-corrected chi connectivity index (χ3v) is 5.20. The first-order valence-corrected chi connectivity index (χ1v) is 7.35. The van der Waals surface area contributed by atoms with Crippen LogP contribution in [0.1, 0.15) is 18.2 Å². The molecule has 1 nitrogen and oxygen atoms in total. The van der Waals surface area contributed by atoms with Gasteiger partial charge in [0.1, 0.15) is 0 Å². The first kappa shape index (κ1) is 11.9. The Kier molecular flexibility index (Phi) is 4.10. The van der Waals surface area contributed by atoms with Gasteiger partial charge in [-0.05, 0) is 40.9 Å². The van der Waals surface area contributed by atoms with E-state index in [0.29, 0.717) is 11.3 Å². The van der Waals surface area contributed by atoms with Crippen molar-refractivity contribution in [2.45, 2.75) is 25.3 Å². The lowest BCUT2D eigenvalue weighted by atomic mass is 9.99. The van der Waals surface area contributed by atoms with Crippen molar-refractivity contribution >= 4 is 38.9 Å². The number of alkyl halides is 1. The summed E-state index contributed by atoms with van der Waals surface area (Å²) >= 11 is 11.6. The molecule has 0 aromatic carbocycles. The fourth-order valence-corrected chi connectivity index (χ4v) is 3.70. The lowest BCUT2D eigenvalue weighted by Gasteiger charge is -2.33. The van der Waals surface area contributed by atoms with Crippen LogP contribution in [0, 0.1) is 5.92 Å². The minimum absolute atomic E-state index is 0.321. The van der Waals surface area contributed by atoms with Gasteiger partial charge in [-0.2, -0.15) is 0 Å². The number of halogens is 2. The molecule has 1 fully saturated rings. The normalized spacial score (nSPS) is 28.2. The Morgan fingerprint density at radius 2 is 2.47 bits per heavy atom. The van der Waals surface area contributed by atoms with Crippen molar-refractivity contribution in [3.8, 4) is 0 Å². The summed E-state index contributed by atoms with van der Waals surface area (Å²) < 4.78 is 1.19. The summed E-state index contributed by atoms with van der Waals surface area (Å²) in [6.45, 7) is 5.50. The SMILES string of the molecule is CC1CCN(Cc2cc(Br)cs2)CC1Cl. The maximum absolute atomic E-state index is 6.29. The predicted octanol–water partition coefficient (Wildman–Crippen LogP) is 3.96. The summed E-state index contributed by atoms with van der Waals surface area (Å²) in [5.41, 5.74) is 0. The Morgan fingerprint density at radius 3 is 3.07 bits per heavy atom. The Hall–Kier alpha value is 0.430. The average molecular weight is 309 g/mol. The molecule has 1 saturated heterocycles. The van der Waals surface area contributed by atoms with E-state index in [1.165, 1.54) is 22.3 Å². The molecule has 84 valence electrons. The van der Waals surface area contributed by atoms with E-state index in [-0.39, 0.29) is 0 Å². The summed E-state index contributed by atoms with van der Waals surface area (Å²) in [4.78, 5) is 3.87. The molecule has 0 bridgehead atoms. The van der Waals surface area contributed by atoms with Gasteiger partial charge in [-0.15, -0.1) is 22.9 Å². The van der Waals surface area contributed by atoms with Gasteiger partial charge in [0.25, 0.3) is 0 Å². The van der Waals surface area contributed by atoms with Gasteiger partial charge in [-0.25, -0.2) is 0 Å². The van der Waals surface area contributed by atoms with Crippen molar-refractivity contribution in [3.05, 3.63) is 20.8 Å². The monoisotopic (exact) mass is 307 g/mol. The van der Waals surface area contributed by atoms with E-state index in [1.54, 1.807) is 0 Å². The molecule has 2 rings (SSSR count). The van der Waals surface area contributed by atoms with Crippen molar-refractivity contribution in [1.29, 1.82) is 0 Å². The van der Waals surface area contributed by atoms with E-state index in [4.69, 9.17) is 11.6 Å². The number of hydrogen-bond donors (Lipinski definition) is 0. The highest BCUT2D eigenvalue weighted by atomic mass is 79.9. The number of piperidine rings is 1. The molecule has 2 unspecified atom stereocenters. The number of likely N-dealkylation sites (tertiary alicyclic amines) is 1. The molecule has 2 atom stereocenters. The van der Waals surface area contributed by atoms with Crippen molar-refractivity contribution in [2.24, 2.45) is 5.92 Å². The molecule has 0 amide bonds. The van der Waals surface area contributed by atoms with E-state index < -0.39 is 0 Å². The third kappa shape index (κ3) is 3.19. The second kappa shape index (κ2) is 5.17. The molecule has 1 aromatic rings. The van der Waals surface area contributed by atoms with Gasteiger partial charge in [0.05, 0.1) is 0 Å². The van der Waals surface area contributed by atoms with E-state index >= 15 is 0 Å². The second-order valence-corrected chi connectivity index (χ2v) is 6.72.